The summed E-state index contributed by atoms with van der Waals surface area (Å²) in [4.78, 5) is 49.6. The predicted octanol–water partition coefficient (Wildman–Crippen LogP) is 2.42. The molecule has 0 aliphatic carbocycles. The first-order chi connectivity index (χ1) is 15.8. The molecule has 4 rings (SSSR count). The second-order valence-corrected chi connectivity index (χ2v) is 8.01. The van der Waals surface area contributed by atoms with Crippen LogP contribution in [0.1, 0.15) is 11.5 Å². The number of aliphatic carboxylic acids is 1. The molecule has 10 heteroatoms. The topological polar surface area (TPSA) is 117 Å². The molecule has 1 amide bonds. The summed E-state index contributed by atoms with van der Waals surface area (Å²) in [6.45, 7) is 0.458. The largest absolute Gasteiger partial charge is 0.480 e. The molecule has 1 fully saturated rings. The number of carbonyl (C=O) groups is 3. The van der Waals surface area contributed by atoms with Crippen LogP contribution in [0.5, 0.6) is 0 Å². The van der Waals surface area contributed by atoms with Crippen LogP contribution in [0.15, 0.2) is 51.7 Å². The van der Waals surface area contributed by atoms with Crippen LogP contribution in [-0.4, -0.2) is 53.8 Å². The van der Waals surface area contributed by atoms with Gasteiger partial charge in [-0.15, -0.1) is 0 Å². The van der Waals surface area contributed by atoms with Crippen molar-refractivity contribution in [3.05, 3.63) is 69.3 Å². The molecule has 1 aliphatic rings. The number of carboxylic acids is 1. The van der Waals surface area contributed by atoms with Gasteiger partial charge in [0.15, 0.2) is 0 Å². The number of rotatable bonds is 5. The summed E-state index contributed by atoms with van der Waals surface area (Å²) in [6.07, 6.45) is 0.472. The Morgan fingerprint density at radius 2 is 2.00 bits per heavy atom. The quantitative estimate of drug-likeness (QED) is 0.332. The minimum absolute atomic E-state index is 0.0750. The van der Waals surface area contributed by atoms with Crippen LogP contribution in [0.4, 0.5) is 4.39 Å². The van der Waals surface area contributed by atoms with Crippen molar-refractivity contribution < 1.29 is 28.3 Å². The van der Waals surface area contributed by atoms with Crippen molar-refractivity contribution in [2.45, 2.75) is 12.0 Å². The molecule has 0 bridgehead atoms. The maximum Gasteiger partial charge on any atom is 0.336 e. The number of nitrogens with zero attached hydrogens (tertiary/aromatic N) is 1. The number of piperazine rings is 1. The van der Waals surface area contributed by atoms with E-state index in [1.54, 1.807) is 12.1 Å². The van der Waals surface area contributed by atoms with Gasteiger partial charge in [-0.05, 0) is 29.8 Å². The van der Waals surface area contributed by atoms with Gasteiger partial charge in [0.2, 0.25) is 5.91 Å². The normalized spacial score (nSPS) is 17.0. The fourth-order valence-electron chi connectivity index (χ4n) is 3.90. The van der Waals surface area contributed by atoms with Gasteiger partial charge < -0.3 is 24.5 Å². The number of fused-ring (bicyclic) bond motifs is 1. The number of benzene rings is 2. The Labute approximate surface area is 191 Å². The van der Waals surface area contributed by atoms with Crippen LogP contribution >= 0.6 is 11.6 Å². The number of nitrogens with one attached hydrogen (secondary N) is 1. The van der Waals surface area contributed by atoms with Crippen molar-refractivity contribution in [2.75, 3.05) is 19.6 Å². The zero-order chi connectivity index (χ0) is 23.7. The van der Waals surface area contributed by atoms with Crippen LogP contribution in [0.25, 0.3) is 22.1 Å². The Bertz CT molecular complexity index is 1320. The molecule has 1 saturated heterocycles. The molecule has 2 aromatic carbocycles. The van der Waals surface area contributed by atoms with E-state index in [1.165, 1.54) is 29.2 Å². The van der Waals surface area contributed by atoms with E-state index in [9.17, 15) is 28.7 Å². The molecule has 2 heterocycles. The summed E-state index contributed by atoms with van der Waals surface area (Å²) >= 11 is 6.17. The second-order valence-electron chi connectivity index (χ2n) is 7.60. The number of aldehydes is 1. The summed E-state index contributed by atoms with van der Waals surface area (Å²) in [7, 11) is 0. The molecule has 8 nitrogen and oxygen atoms in total. The van der Waals surface area contributed by atoms with Crippen molar-refractivity contribution >= 4 is 40.7 Å². The van der Waals surface area contributed by atoms with Gasteiger partial charge in [-0.3, -0.25) is 9.59 Å². The van der Waals surface area contributed by atoms with Crippen molar-refractivity contribution in [1.29, 1.82) is 0 Å². The maximum atomic E-state index is 13.5. The van der Waals surface area contributed by atoms with Crippen LogP contribution in [-0.2, 0) is 14.4 Å². The Morgan fingerprint density at radius 3 is 2.70 bits per heavy atom. The van der Waals surface area contributed by atoms with Gasteiger partial charge in [0.05, 0.1) is 5.02 Å². The highest BCUT2D eigenvalue weighted by Crippen LogP contribution is 2.34. The van der Waals surface area contributed by atoms with Gasteiger partial charge in [-0.25, -0.2) is 9.18 Å². The smallest absolute Gasteiger partial charge is 0.336 e. The monoisotopic (exact) mass is 472 g/mol. The fourth-order valence-corrected chi connectivity index (χ4v) is 4.16. The minimum atomic E-state index is -1.20. The number of carboxylic acid groups (broad SMARTS) is 1. The summed E-state index contributed by atoms with van der Waals surface area (Å²) in [6, 6.07) is 8.66. The molecule has 1 aliphatic heterocycles. The van der Waals surface area contributed by atoms with Crippen LogP contribution in [0.3, 0.4) is 0 Å². The lowest BCUT2D eigenvalue weighted by Gasteiger charge is -2.33. The van der Waals surface area contributed by atoms with E-state index in [2.05, 4.69) is 5.32 Å². The molecule has 170 valence electrons. The molecule has 1 aromatic heterocycles. The standard InChI is InChI=1S/C23H18ClFN2O6/c24-18-8-13(25)2-4-14(18)16-9-21(29)33-20-7-12(1-3-15(16)20)17(11-28)22(30)27-6-5-26-19(10-27)23(31)32/h1-4,7-9,11,17,19,26H,5-6,10H2,(H,31,32)/t17-,19+/m0/s1. The molecule has 2 N–H and O–H groups in total. The van der Waals surface area contributed by atoms with Gasteiger partial charge in [0.25, 0.3) is 0 Å². The van der Waals surface area contributed by atoms with E-state index in [0.29, 0.717) is 28.4 Å². The molecule has 33 heavy (non-hydrogen) atoms. The van der Waals surface area contributed by atoms with Crippen molar-refractivity contribution in [3.8, 4) is 11.1 Å². The summed E-state index contributed by atoms with van der Waals surface area (Å²) < 4.78 is 18.8. The SMILES string of the molecule is O=C[C@H](C(=O)N1CCN[C@@H](C(=O)O)C1)c1ccc2c(-c3ccc(F)cc3Cl)cc(=O)oc2c1. The third-order valence-electron chi connectivity index (χ3n) is 5.54. The Hall–Kier alpha value is -3.56. The van der Waals surface area contributed by atoms with E-state index in [0.717, 1.165) is 6.07 Å². The first-order valence-corrected chi connectivity index (χ1v) is 10.4. The van der Waals surface area contributed by atoms with Crippen LogP contribution in [0.2, 0.25) is 5.02 Å². The molecular formula is C23H18ClFN2O6. The highest BCUT2D eigenvalue weighted by Gasteiger charge is 2.32. The van der Waals surface area contributed by atoms with Gasteiger partial charge in [-0.1, -0.05) is 23.7 Å². The van der Waals surface area contributed by atoms with Crippen molar-refractivity contribution in [1.82, 2.24) is 10.2 Å². The first kappa shape index (κ1) is 22.6. The van der Waals surface area contributed by atoms with Gasteiger partial charge in [0, 0.05) is 42.2 Å². The Morgan fingerprint density at radius 1 is 1.21 bits per heavy atom. The molecule has 0 unspecified atom stereocenters. The second kappa shape index (κ2) is 9.13. The zero-order valence-corrected chi connectivity index (χ0v) is 17.8. The zero-order valence-electron chi connectivity index (χ0n) is 17.1. The molecule has 0 saturated carbocycles. The maximum absolute atomic E-state index is 13.5. The first-order valence-electron chi connectivity index (χ1n) is 10.0. The summed E-state index contributed by atoms with van der Waals surface area (Å²) in [5.41, 5.74) is 0.568. The summed E-state index contributed by atoms with van der Waals surface area (Å²) in [5.74, 6) is -3.36. The summed E-state index contributed by atoms with van der Waals surface area (Å²) in [5, 5.41) is 12.6. The average Bonchev–Trinajstić information content (AvgIpc) is 2.79. The predicted molar refractivity (Wildman–Crippen MR) is 118 cm³/mol. The lowest BCUT2D eigenvalue weighted by molar-refractivity contribution is -0.143. The number of hydrogen-bond acceptors (Lipinski definition) is 6. The highest BCUT2D eigenvalue weighted by molar-refractivity contribution is 6.33. The van der Waals surface area contributed by atoms with Crippen molar-refractivity contribution in [3.63, 3.8) is 0 Å². The molecule has 0 spiro atoms. The van der Waals surface area contributed by atoms with E-state index >= 15 is 0 Å². The number of amides is 1. The molecule has 3 aromatic rings. The van der Waals surface area contributed by atoms with Crippen LogP contribution in [0, 0.1) is 5.82 Å². The van der Waals surface area contributed by atoms with E-state index < -0.39 is 35.3 Å². The van der Waals surface area contributed by atoms with Crippen molar-refractivity contribution in [2.24, 2.45) is 0 Å². The minimum Gasteiger partial charge on any atom is -0.480 e. The van der Waals surface area contributed by atoms with Gasteiger partial charge in [0.1, 0.15) is 29.6 Å². The molecule has 2 atom stereocenters. The van der Waals surface area contributed by atoms with E-state index in [4.69, 9.17) is 16.0 Å². The third kappa shape index (κ3) is 4.50. The third-order valence-corrected chi connectivity index (χ3v) is 5.85. The number of hydrogen-bond donors (Lipinski definition) is 2. The van der Waals surface area contributed by atoms with Gasteiger partial charge >= 0.3 is 11.6 Å². The van der Waals surface area contributed by atoms with Crippen LogP contribution < -0.4 is 10.9 Å². The Balaban J connectivity index is 1.72. The number of halogens is 2. The number of carbonyl (C=O) groups excluding carboxylic acids is 2. The average molecular weight is 473 g/mol. The lowest BCUT2D eigenvalue weighted by atomic mass is 9.95. The highest BCUT2D eigenvalue weighted by atomic mass is 35.5. The van der Waals surface area contributed by atoms with E-state index in [1.807, 2.05) is 0 Å². The van der Waals surface area contributed by atoms with Gasteiger partial charge in [-0.2, -0.15) is 0 Å². The Kier molecular flexibility index (Phi) is 6.26. The van der Waals surface area contributed by atoms with E-state index in [-0.39, 0.29) is 30.2 Å². The lowest BCUT2D eigenvalue weighted by Crippen LogP contribution is -2.56. The fraction of sp³-hybridized carbons (Fsp3) is 0.217. The molecule has 0 radical (unpaired) electrons. The molecular weight excluding hydrogens is 455 g/mol.